The van der Waals surface area contributed by atoms with Crippen LogP contribution in [-0.4, -0.2) is 5.24 Å². The molecule has 66 valence electrons. The van der Waals surface area contributed by atoms with Crippen molar-refractivity contribution < 1.29 is 4.79 Å². The number of hydrogen-bond acceptors (Lipinski definition) is 1. The minimum absolute atomic E-state index is 0.401. The highest BCUT2D eigenvalue weighted by molar-refractivity contribution is 6.68. The molecule has 0 spiro atoms. The topological polar surface area (TPSA) is 17.1 Å². The molecule has 0 aromatic heterocycles. The summed E-state index contributed by atoms with van der Waals surface area (Å²) in [5.41, 5.74) is 0.528. The van der Waals surface area contributed by atoms with E-state index in [1.165, 1.54) is 0 Å². The number of carbonyl (C=O) groups is 1. The zero-order chi connectivity index (χ0) is 9.84. The number of carbonyl (C=O) groups excluding carboxylic acids is 1. The van der Waals surface area contributed by atoms with Crippen LogP contribution in [0.25, 0.3) is 0 Å². The third kappa shape index (κ3) is 3.28. The number of rotatable bonds is 0. The first-order chi connectivity index (χ1) is 6.09. The van der Waals surface area contributed by atoms with Gasteiger partial charge < -0.3 is 0 Å². The van der Waals surface area contributed by atoms with Gasteiger partial charge >= 0.3 is 0 Å². The van der Waals surface area contributed by atoms with Crippen LogP contribution in [0.15, 0.2) is 18.2 Å². The molecule has 0 radical (unpaired) electrons. The van der Waals surface area contributed by atoms with E-state index in [0.29, 0.717) is 15.6 Å². The van der Waals surface area contributed by atoms with E-state index < -0.39 is 5.24 Å². The predicted octanol–water partition coefficient (Wildman–Crippen LogP) is 3.11. The second kappa shape index (κ2) is 4.53. The molecule has 4 heteroatoms. The van der Waals surface area contributed by atoms with Crippen LogP contribution in [0.5, 0.6) is 0 Å². The Hall–Kier alpha value is -0.680. The quantitative estimate of drug-likeness (QED) is 0.497. The molecule has 1 aromatic carbocycles. The SMILES string of the molecule is O=C(Cl)C#Cc1ccc(Cl)cc1Cl. The predicted molar refractivity (Wildman–Crippen MR) is 54.2 cm³/mol. The van der Waals surface area contributed by atoms with Gasteiger partial charge in [-0.25, -0.2) is 0 Å². The average molecular weight is 233 g/mol. The molecule has 0 aliphatic rings. The molecule has 0 atom stereocenters. The third-order valence-electron chi connectivity index (χ3n) is 1.23. The molecule has 0 aliphatic heterocycles. The largest absolute Gasteiger partial charge is 0.296 e. The van der Waals surface area contributed by atoms with Gasteiger partial charge in [-0.1, -0.05) is 29.1 Å². The highest BCUT2D eigenvalue weighted by Gasteiger charge is 1.97. The van der Waals surface area contributed by atoms with Gasteiger partial charge in [0, 0.05) is 10.6 Å². The van der Waals surface area contributed by atoms with Crippen molar-refractivity contribution in [2.45, 2.75) is 0 Å². The molecule has 0 saturated heterocycles. The first kappa shape index (κ1) is 10.4. The van der Waals surface area contributed by atoms with Gasteiger partial charge in [-0.05, 0) is 35.7 Å². The molecule has 0 amide bonds. The summed E-state index contributed by atoms with van der Waals surface area (Å²) in [5, 5.41) is 0.205. The Morgan fingerprint density at radius 3 is 2.54 bits per heavy atom. The van der Waals surface area contributed by atoms with E-state index in [0.717, 1.165) is 0 Å². The van der Waals surface area contributed by atoms with Crippen molar-refractivity contribution in [2.24, 2.45) is 0 Å². The lowest BCUT2D eigenvalue weighted by Gasteiger charge is -1.94. The van der Waals surface area contributed by atoms with Crippen molar-refractivity contribution in [1.82, 2.24) is 0 Å². The van der Waals surface area contributed by atoms with Crippen molar-refractivity contribution in [1.29, 1.82) is 0 Å². The summed E-state index contributed by atoms with van der Waals surface area (Å²) in [5.74, 6) is 4.69. The Balaban J connectivity index is 3.05. The Kier molecular flexibility index (Phi) is 3.62. The minimum atomic E-state index is -0.717. The highest BCUT2D eigenvalue weighted by atomic mass is 35.5. The van der Waals surface area contributed by atoms with Gasteiger partial charge in [0.15, 0.2) is 0 Å². The number of hydrogen-bond donors (Lipinski definition) is 0. The van der Waals surface area contributed by atoms with Gasteiger partial charge in [-0.2, -0.15) is 0 Å². The van der Waals surface area contributed by atoms with Crippen molar-refractivity contribution in [3.63, 3.8) is 0 Å². The molecule has 1 nitrogen and oxygen atoms in total. The van der Waals surface area contributed by atoms with E-state index in [1.54, 1.807) is 18.2 Å². The fourth-order valence-corrected chi connectivity index (χ4v) is 1.21. The normalized spacial score (nSPS) is 8.85. The highest BCUT2D eigenvalue weighted by Crippen LogP contribution is 2.19. The van der Waals surface area contributed by atoms with E-state index in [9.17, 15) is 4.79 Å². The second-order valence-electron chi connectivity index (χ2n) is 2.15. The molecule has 1 aromatic rings. The maximum absolute atomic E-state index is 10.3. The summed E-state index contributed by atoms with van der Waals surface area (Å²) in [6.07, 6.45) is 0. The average Bonchev–Trinajstić information content (AvgIpc) is 2.02. The molecule has 0 N–H and O–H groups in total. The molecule has 0 fully saturated rings. The Morgan fingerprint density at radius 2 is 2.00 bits per heavy atom. The van der Waals surface area contributed by atoms with Crippen LogP contribution >= 0.6 is 34.8 Å². The van der Waals surface area contributed by atoms with Crippen LogP contribution in [0.1, 0.15) is 5.56 Å². The molecule has 0 bridgehead atoms. The van der Waals surface area contributed by atoms with Crippen LogP contribution in [0.3, 0.4) is 0 Å². The standard InChI is InChI=1S/C9H3Cl3O/c10-7-3-1-6(8(11)5-7)2-4-9(12)13/h1,3,5H. The molecule has 0 heterocycles. The summed E-state index contributed by atoms with van der Waals surface area (Å²) in [6, 6.07) is 4.81. The molecular weight excluding hydrogens is 230 g/mol. The fourth-order valence-electron chi connectivity index (χ4n) is 0.707. The van der Waals surface area contributed by atoms with Crippen molar-refractivity contribution >= 4 is 40.0 Å². The third-order valence-corrected chi connectivity index (χ3v) is 1.87. The number of halogens is 3. The summed E-state index contributed by atoms with van der Waals surface area (Å²) in [4.78, 5) is 10.3. The van der Waals surface area contributed by atoms with Crippen LogP contribution in [0.4, 0.5) is 0 Å². The maximum Gasteiger partial charge on any atom is 0.296 e. The smallest absolute Gasteiger partial charge is 0.266 e. The fraction of sp³-hybridized carbons (Fsp3) is 0. The van der Waals surface area contributed by atoms with Crippen LogP contribution in [-0.2, 0) is 4.79 Å². The second-order valence-corrected chi connectivity index (χ2v) is 3.33. The van der Waals surface area contributed by atoms with Crippen LogP contribution < -0.4 is 0 Å². The van der Waals surface area contributed by atoms with Crippen LogP contribution in [0, 0.1) is 11.8 Å². The molecule has 0 saturated carbocycles. The first-order valence-corrected chi connectivity index (χ1v) is 4.39. The van der Waals surface area contributed by atoms with Crippen molar-refractivity contribution in [3.8, 4) is 11.8 Å². The molecule has 0 unspecified atom stereocenters. The Labute approximate surface area is 90.6 Å². The Bertz CT molecular complexity index is 401. The lowest BCUT2D eigenvalue weighted by atomic mass is 10.2. The van der Waals surface area contributed by atoms with E-state index in [4.69, 9.17) is 34.8 Å². The first-order valence-electron chi connectivity index (χ1n) is 3.26. The van der Waals surface area contributed by atoms with Gasteiger partial charge in [0.2, 0.25) is 0 Å². The van der Waals surface area contributed by atoms with Gasteiger partial charge in [-0.3, -0.25) is 4.79 Å². The molecular formula is C9H3Cl3O. The molecule has 0 aliphatic carbocycles. The summed E-state index contributed by atoms with van der Waals surface area (Å²) < 4.78 is 0. The monoisotopic (exact) mass is 232 g/mol. The lowest BCUT2D eigenvalue weighted by Crippen LogP contribution is -1.80. The number of benzene rings is 1. The van der Waals surface area contributed by atoms with Gasteiger partial charge in [0.05, 0.1) is 5.02 Å². The van der Waals surface area contributed by atoms with Gasteiger partial charge in [0.1, 0.15) is 0 Å². The van der Waals surface area contributed by atoms with Crippen LogP contribution in [0.2, 0.25) is 10.0 Å². The zero-order valence-electron chi connectivity index (χ0n) is 6.27. The van der Waals surface area contributed by atoms with Gasteiger partial charge in [0.25, 0.3) is 5.24 Å². The maximum atomic E-state index is 10.3. The van der Waals surface area contributed by atoms with Gasteiger partial charge in [-0.15, -0.1) is 0 Å². The Morgan fingerprint density at radius 1 is 1.31 bits per heavy atom. The van der Waals surface area contributed by atoms with E-state index >= 15 is 0 Å². The van der Waals surface area contributed by atoms with Crippen molar-refractivity contribution in [3.05, 3.63) is 33.8 Å². The molecule has 13 heavy (non-hydrogen) atoms. The van der Waals surface area contributed by atoms with E-state index in [-0.39, 0.29) is 0 Å². The summed E-state index contributed by atoms with van der Waals surface area (Å²) in [6.45, 7) is 0. The zero-order valence-corrected chi connectivity index (χ0v) is 8.54. The minimum Gasteiger partial charge on any atom is -0.266 e. The van der Waals surface area contributed by atoms with Crippen molar-refractivity contribution in [2.75, 3.05) is 0 Å². The summed E-state index contributed by atoms with van der Waals surface area (Å²) >= 11 is 16.5. The summed E-state index contributed by atoms with van der Waals surface area (Å²) in [7, 11) is 0. The lowest BCUT2D eigenvalue weighted by molar-refractivity contribution is -0.107. The van der Waals surface area contributed by atoms with E-state index in [1.807, 2.05) is 0 Å². The van der Waals surface area contributed by atoms with E-state index in [2.05, 4.69) is 11.8 Å². The molecule has 1 rings (SSSR count).